The third-order valence-corrected chi connectivity index (χ3v) is 4.23. The van der Waals surface area contributed by atoms with Crippen molar-refractivity contribution in [3.8, 4) is 5.75 Å². The lowest BCUT2D eigenvalue weighted by Crippen LogP contribution is -2.39. The molecule has 1 N–H and O–H groups in total. The fourth-order valence-electron chi connectivity index (χ4n) is 2.89. The van der Waals surface area contributed by atoms with E-state index >= 15 is 0 Å². The molecular weight excluding hydrogens is 295 g/mol. The summed E-state index contributed by atoms with van der Waals surface area (Å²) < 4.78 is 18.7. The van der Waals surface area contributed by atoms with Crippen molar-refractivity contribution in [3.63, 3.8) is 0 Å². The highest BCUT2D eigenvalue weighted by Crippen LogP contribution is 2.25. The molecule has 1 aliphatic rings. The Hall–Kier alpha value is -1.98. The molecule has 0 bridgehead atoms. The van der Waals surface area contributed by atoms with Gasteiger partial charge in [-0.1, -0.05) is 12.1 Å². The summed E-state index contributed by atoms with van der Waals surface area (Å²) >= 11 is 0. The van der Waals surface area contributed by atoms with Gasteiger partial charge >= 0.3 is 0 Å². The quantitative estimate of drug-likeness (QED) is 0.921. The highest BCUT2D eigenvalue weighted by atomic mass is 19.1. The van der Waals surface area contributed by atoms with Gasteiger partial charge in [0.05, 0.1) is 0 Å². The molecule has 2 aromatic rings. The molecule has 1 atom stereocenters. The predicted octanol–water partition coefficient (Wildman–Crippen LogP) is 2.54. The summed E-state index contributed by atoms with van der Waals surface area (Å²) in [6, 6.07) is 9.98. The second-order valence-corrected chi connectivity index (χ2v) is 6.18. The lowest BCUT2D eigenvalue weighted by Gasteiger charge is -2.24. The monoisotopic (exact) mass is 316 g/mol. The number of nitrogens with zero attached hydrogens (tertiary/aromatic N) is 2. The lowest BCUT2D eigenvalue weighted by molar-refractivity contribution is 0.00327. The number of ether oxygens (including phenoxy) is 1. The second-order valence-electron chi connectivity index (χ2n) is 6.18. The molecule has 0 spiro atoms. The average molecular weight is 316 g/mol. The minimum atomic E-state index is -0.900. The summed E-state index contributed by atoms with van der Waals surface area (Å²) in [5.74, 6) is 0.106. The standard InChI is InChI=1S/C18H21FN2O2/c1-14-15(4-3-8-20-14)11-21-9-7-18(22,12-21)13-23-17-6-2-5-16(19)10-17/h2-6,8,10,22H,7,9,11-13H2,1H3/t18-/m0/s1. The van der Waals surface area contributed by atoms with Gasteiger partial charge in [0.15, 0.2) is 0 Å². The SMILES string of the molecule is Cc1ncccc1CN1CC[C@@](O)(COc2cccc(F)c2)C1. The maximum Gasteiger partial charge on any atom is 0.126 e. The van der Waals surface area contributed by atoms with Crippen LogP contribution < -0.4 is 4.74 Å². The molecule has 122 valence electrons. The first-order chi connectivity index (χ1) is 11.0. The maximum absolute atomic E-state index is 13.1. The first-order valence-corrected chi connectivity index (χ1v) is 7.78. The molecule has 1 saturated heterocycles. The van der Waals surface area contributed by atoms with Crippen LogP contribution in [0.2, 0.25) is 0 Å². The minimum absolute atomic E-state index is 0.166. The number of benzene rings is 1. The Balaban J connectivity index is 1.56. The lowest BCUT2D eigenvalue weighted by atomic mass is 10.1. The fraction of sp³-hybridized carbons (Fsp3) is 0.389. The maximum atomic E-state index is 13.1. The molecule has 0 saturated carbocycles. The van der Waals surface area contributed by atoms with E-state index in [0.29, 0.717) is 18.7 Å². The number of hydrogen-bond donors (Lipinski definition) is 1. The van der Waals surface area contributed by atoms with Gasteiger partial charge in [-0.25, -0.2) is 4.39 Å². The molecule has 1 aromatic carbocycles. The van der Waals surface area contributed by atoms with Gasteiger partial charge < -0.3 is 9.84 Å². The second kappa shape index (κ2) is 6.64. The zero-order valence-corrected chi connectivity index (χ0v) is 13.2. The van der Waals surface area contributed by atoms with Crippen LogP contribution in [0.4, 0.5) is 4.39 Å². The summed E-state index contributed by atoms with van der Waals surface area (Å²) in [7, 11) is 0. The van der Waals surface area contributed by atoms with Crippen LogP contribution in [-0.4, -0.2) is 40.3 Å². The van der Waals surface area contributed by atoms with Gasteiger partial charge in [-0.3, -0.25) is 9.88 Å². The van der Waals surface area contributed by atoms with Crippen molar-refractivity contribution in [2.24, 2.45) is 0 Å². The van der Waals surface area contributed by atoms with Crippen LogP contribution in [0.25, 0.3) is 0 Å². The molecule has 3 rings (SSSR count). The van der Waals surface area contributed by atoms with Crippen LogP contribution >= 0.6 is 0 Å². The smallest absolute Gasteiger partial charge is 0.126 e. The van der Waals surface area contributed by atoms with Crippen LogP contribution in [0, 0.1) is 12.7 Å². The largest absolute Gasteiger partial charge is 0.490 e. The van der Waals surface area contributed by atoms with Crippen molar-refractivity contribution in [3.05, 3.63) is 59.7 Å². The molecule has 4 nitrogen and oxygen atoms in total. The third kappa shape index (κ3) is 4.06. The average Bonchev–Trinajstić information content (AvgIpc) is 2.90. The first kappa shape index (κ1) is 15.9. The zero-order valence-electron chi connectivity index (χ0n) is 13.2. The van der Waals surface area contributed by atoms with Crippen LogP contribution in [0.15, 0.2) is 42.6 Å². The number of β-amino-alcohol motifs (C(OH)–C–C–N with tert-alkyl or cyclic N) is 1. The molecule has 1 aromatic heterocycles. The molecule has 5 heteroatoms. The molecule has 0 amide bonds. The number of aliphatic hydroxyl groups is 1. The molecule has 0 radical (unpaired) electrons. The van der Waals surface area contributed by atoms with Gasteiger partial charge in [0, 0.05) is 37.6 Å². The van der Waals surface area contributed by atoms with E-state index in [1.807, 2.05) is 13.0 Å². The normalized spacial score (nSPS) is 21.5. The van der Waals surface area contributed by atoms with Crippen LogP contribution in [0.1, 0.15) is 17.7 Å². The van der Waals surface area contributed by atoms with E-state index in [4.69, 9.17) is 4.74 Å². The summed E-state index contributed by atoms with van der Waals surface area (Å²) in [5, 5.41) is 10.7. The van der Waals surface area contributed by atoms with E-state index in [0.717, 1.165) is 18.8 Å². The van der Waals surface area contributed by atoms with E-state index < -0.39 is 5.60 Å². The Labute approximate surface area is 135 Å². The van der Waals surface area contributed by atoms with Gasteiger partial charge in [0.1, 0.15) is 23.8 Å². The van der Waals surface area contributed by atoms with Crippen LogP contribution in [0.3, 0.4) is 0 Å². The molecule has 1 fully saturated rings. The predicted molar refractivity (Wildman–Crippen MR) is 85.7 cm³/mol. The van der Waals surface area contributed by atoms with Crippen molar-refractivity contribution in [2.75, 3.05) is 19.7 Å². The van der Waals surface area contributed by atoms with E-state index in [-0.39, 0.29) is 12.4 Å². The molecular formula is C18H21FN2O2. The first-order valence-electron chi connectivity index (χ1n) is 7.78. The minimum Gasteiger partial charge on any atom is -0.490 e. The molecule has 0 unspecified atom stereocenters. The number of pyridine rings is 1. The molecule has 23 heavy (non-hydrogen) atoms. The Morgan fingerprint density at radius 1 is 1.35 bits per heavy atom. The van der Waals surface area contributed by atoms with Crippen molar-refractivity contribution < 1.29 is 14.2 Å². The van der Waals surface area contributed by atoms with Crippen LogP contribution in [0.5, 0.6) is 5.75 Å². The summed E-state index contributed by atoms with van der Waals surface area (Å²) in [6.07, 6.45) is 2.42. The van der Waals surface area contributed by atoms with Gasteiger partial charge in [0.2, 0.25) is 0 Å². The Morgan fingerprint density at radius 2 is 2.22 bits per heavy atom. The van der Waals surface area contributed by atoms with Gasteiger partial charge in [-0.15, -0.1) is 0 Å². The zero-order chi connectivity index (χ0) is 16.3. The van der Waals surface area contributed by atoms with E-state index in [2.05, 4.69) is 16.0 Å². The van der Waals surface area contributed by atoms with Crippen LogP contribution in [-0.2, 0) is 6.54 Å². The molecule has 1 aliphatic heterocycles. The molecule has 2 heterocycles. The van der Waals surface area contributed by atoms with Gasteiger partial charge in [0.25, 0.3) is 0 Å². The van der Waals surface area contributed by atoms with Gasteiger partial charge in [-0.2, -0.15) is 0 Å². The highest BCUT2D eigenvalue weighted by Gasteiger charge is 2.37. The van der Waals surface area contributed by atoms with E-state index in [1.54, 1.807) is 18.3 Å². The summed E-state index contributed by atoms with van der Waals surface area (Å²) in [6.45, 7) is 4.26. The fourth-order valence-corrected chi connectivity index (χ4v) is 2.89. The summed E-state index contributed by atoms with van der Waals surface area (Å²) in [4.78, 5) is 6.49. The highest BCUT2D eigenvalue weighted by molar-refractivity contribution is 5.23. The Kier molecular flexibility index (Phi) is 4.59. The number of halogens is 1. The third-order valence-electron chi connectivity index (χ3n) is 4.23. The van der Waals surface area contributed by atoms with Crippen molar-refractivity contribution in [1.29, 1.82) is 0 Å². The Morgan fingerprint density at radius 3 is 3.00 bits per heavy atom. The number of hydrogen-bond acceptors (Lipinski definition) is 4. The van der Waals surface area contributed by atoms with Gasteiger partial charge in [-0.05, 0) is 37.1 Å². The van der Waals surface area contributed by atoms with Crippen molar-refractivity contribution in [1.82, 2.24) is 9.88 Å². The van der Waals surface area contributed by atoms with Crippen molar-refractivity contribution in [2.45, 2.75) is 25.5 Å². The number of aromatic nitrogens is 1. The number of aryl methyl sites for hydroxylation is 1. The molecule has 0 aliphatic carbocycles. The topological polar surface area (TPSA) is 45.6 Å². The Bertz CT molecular complexity index is 680. The number of rotatable bonds is 5. The van der Waals surface area contributed by atoms with E-state index in [1.165, 1.54) is 17.7 Å². The van der Waals surface area contributed by atoms with E-state index in [9.17, 15) is 9.50 Å². The van der Waals surface area contributed by atoms with Crippen molar-refractivity contribution >= 4 is 0 Å². The number of likely N-dealkylation sites (tertiary alicyclic amines) is 1. The summed E-state index contributed by atoms with van der Waals surface area (Å²) in [5.41, 5.74) is 1.28.